The zero-order valence-electron chi connectivity index (χ0n) is 13.9. The molecule has 2 heterocycles. The van der Waals surface area contributed by atoms with Gasteiger partial charge >= 0.3 is 0 Å². The lowest BCUT2D eigenvalue weighted by atomic mass is 10.1. The third kappa shape index (κ3) is 3.00. The largest absolute Gasteiger partial charge is 0.489 e. The summed E-state index contributed by atoms with van der Waals surface area (Å²) in [6, 6.07) is 21.2. The molecule has 0 spiro atoms. The lowest BCUT2D eigenvalue weighted by molar-refractivity contribution is 0.100. The summed E-state index contributed by atoms with van der Waals surface area (Å²) in [5.41, 5.74) is 9.04. The van der Waals surface area contributed by atoms with E-state index in [9.17, 15) is 4.79 Å². The molecule has 4 rings (SSSR count). The van der Waals surface area contributed by atoms with Gasteiger partial charge in [-0.25, -0.2) is 9.50 Å². The van der Waals surface area contributed by atoms with Crippen LogP contribution in [0.1, 0.15) is 15.9 Å². The number of para-hydroxylation sites is 1. The fourth-order valence-corrected chi connectivity index (χ4v) is 2.77. The molecular formula is C20H16N4O2. The number of pyridine rings is 1. The Balaban J connectivity index is 1.59. The van der Waals surface area contributed by atoms with Crippen molar-refractivity contribution in [2.45, 2.75) is 6.61 Å². The summed E-state index contributed by atoms with van der Waals surface area (Å²) in [6.45, 7) is 0.490. The molecule has 2 N–H and O–H groups in total. The van der Waals surface area contributed by atoms with Gasteiger partial charge in [-0.05, 0) is 29.8 Å². The normalized spacial score (nSPS) is 10.8. The molecule has 2 aromatic heterocycles. The van der Waals surface area contributed by atoms with Crippen LogP contribution < -0.4 is 10.5 Å². The van der Waals surface area contributed by atoms with Gasteiger partial charge in [-0.15, -0.1) is 0 Å². The fourth-order valence-electron chi connectivity index (χ4n) is 2.77. The smallest absolute Gasteiger partial charge is 0.252 e. The van der Waals surface area contributed by atoms with Crippen molar-refractivity contribution < 1.29 is 9.53 Å². The zero-order chi connectivity index (χ0) is 17.9. The lowest BCUT2D eigenvalue weighted by Gasteiger charge is -2.09. The Morgan fingerprint density at radius 2 is 1.77 bits per heavy atom. The van der Waals surface area contributed by atoms with Crippen LogP contribution in [0.5, 0.6) is 5.75 Å². The zero-order valence-corrected chi connectivity index (χ0v) is 13.9. The quantitative estimate of drug-likeness (QED) is 0.603. The summed E-state index contributed by atoms with van der Waals surface area (Å²) >= 11 is 0. The molecule has 0 fully saturated rings. The summed E-state index contributed by atoms with van der Waals surface area (Å²) in [6.07, 6.45) is 1.41. The van der Waals surface area contributed by atoms with Crippen molar-refractivity contribution in [3.8, 4) is 17.0 Å². The van der Waals surface area contributed by atoms with E-state index in [1.807, 2.05) is 60.7 Å². The molecule has 128 valence electrons. The Kier molecular flexibility index (Phi) is 4.07. The number of fused-ring (bicyclic) bond motifs is 1. The number of amides is 1. The van der Waals surface area contributed by atoms with Crippen LogP contribution in [-0.4, -0.2) is 20.5 Å². The second-order valence-corrected chi connectivity index (χ2v) is 5.79. The highest BCUT2D eigenvalue weighted by molar-refractivity contribution is 5.99. The van der Waals surface area contributed by atoms with E-state index < -0.39 is 5.91 Å². The summed E-state index contributed by atoms with van der Waals surface area (Å²) in [5.74, 6) is 0.311. The minimum atomic E-state index is -0.525. The van der Waals surface area contributed by atoms with Gasteiger partial charge in [-0.1, -0.05) is 42.5 Å². The van der Waals surface area contributed by atoms with Gasteiger partial charge in [0.1, 0.15) is 18.7 Å². The summed E-state index contributed by atoms with van der Waals surface area (Å²) in [5, 5.41) is 4.21. The monoisotopic (exact) mass is 344 g/mol. The van der Waals surface area contributed by atoms with Crippen molar-refractivity contribution in [1.82, 2.24) is 14.6 Å². The van der Waals surface area contributed by atoms with Crippen molar-refractivity contribution in [2.75, 3.05) is 0 Å². The van der Waals surface area contributed by atoms with Crippen LogP contribution in [0.25, 0.3) is 16.9 Å². The molecule has 0 saturated heterocycles. The highest BCUT2D eigenvalue weighted by atomic mass is 16.5. The molecule has 0 aliphatic carbocycles. The molecule has 0 saturated carbocycles. The third-order valence-electron chi connectivity index (χ3n) is 4.09. The number of hydrogen-bond donors (Lipinski definition) is 1. The number of carbonyl (C=O) groups excluding carboxylic acids is 1. The number of rotatable bonds is 5. The number of nitrogens with two attached hydrogens (primary N) is 1. The first kappa shape index (κ1) is 15.8. The van der Waals surface area contributed by atoms with Gasteiger partial charge in [-0.3, -0.25) is 4.79 Å². The Labute approximate surface area is 149 Å². The highest BCUT2D eigenvalue weighted by Crippen LogP contribution is 2.22. The van der Waals surface area contributed by atoms with Crippen LogP contribution >= 0.6 is 0 Å². The van der Waals surface area contributed by atoms with Crippen LogP contribution in [0.2, 0.25) is 0 Å². The summed E-state index contributed by atoms with van der Waals surface area (Å²) in [7, 11) is 0. The van der Waals surface area contributed by atoms with Crippen molar-refractivity contribution in [3.63, 3.8) is 0 Å². The number of aromatic nitrogens is 3. The van der Waals surface area contributed by atoms with Gasteiger partial charge in [0, 0.05) is 5.56 Å². The first-order chi connectivity index (χ1) is 12.7. The van der Waals surface area contributed by atoms with E-state index in [2.05, 4.69) is 10.1 Å². The van der Waals surface area contributed by atoms with Crippen molar-refractivity contribution >= 4 is 11.6 Å². The standard InChI is InChI=1S/C20H16N4O2/c21-19(25)17-10-11-18(24-20(17)22-13-23-24)15-8-6-14(7-9-15)12-26-16-4-2-1-3-5-16/h1-11,13H,12H2,(H2,21,25). The van der Waals surface area contributed by atoms with Gasteiger partial charge < -0.3 is 10.5 Å². The van der Waals surface area contributed by atoms with Gasteiger partial charge in [0.25, 0.3) is 5.91 Å². The Morgan fingerprint density at radius 3 is 2.50 bits per heavy atom. The summed E-state index contributed by atoms with van der Waals surface area (Å²) in [4.78, 5) is 15.7. The van der Waals surface area contributed by atoms with E-state index in [-0.39, 0.29) is 0 Å². The molecule has 1 amide bonds. The van der Waals surface area contributed by atoms with Crippen LogP contribution in [0, 0.1) is 0 Å². The average Bonchev–Trinajstić information content (AvgIpc) is 3.16. The second kappa shape index (κ2) is 6.68. The molecule has 0 radical (unpaired) electrons. The fraction of sp³-hybridized carbons (Fsp3) is 0.0500. The number of ether oxygens (including phenoxy) is 1. The molecule has 0 unspecified atom stereocenters. The average molecular weight is 344 g/mol. The predicted molar refractivity (Wildman–Crippen MR) is 97.7 cm³/mol. The molecule has 4 aromatic rings. The Bertz CT molecular complexity index is 1060. The lowest BCUT2D eigenvalue weighted by Crippen LogP contribution is -2.13. The minimum Gasteiger partial charge on any atom is -0.489 e. The first-order valence-corrected chi connectivity index (χ1v) is 8.12. The maximum atomic E-state index is 11.5. The first-order valence-electron chi connectivity index (χ1n) is 8.12. The van der Waals surface area contributed by atoms with Gasteiger partial charge in [-0.2, -0.15) is 5.10 Å². The SMILES string of the molecule is NC(=O)c1ccc(-c2ccc(COc3ccccc3)cc2)n2ncnc12. The maximum Gasteiger partial charge on any atom is 0.252 e. The molecular weight excluding hydrogens is 328 g/mol. The highest BCUT2D eigenvalue weighted by Gasteiger charge is 2.13. The van der Waals surface area contributed by atoms with E-state index in [1.54, 1.807) is 10.6 Å². The van der Waals surface area contributed by atoms with Crippen LogP contribution in [0.3, 0.4) is 0 Å². The number of nitrogens with zero attached hydrogens (tertiary/aromatic N) is 3. The van der Waals surface area contributed by atoms with E-state index in [0.717, 1.165) is 22.6 Å². The third-order valence-corrected chi connectivity index (χ3v) is 4.09. The van der Waals surface area contributed by atoms with Gasteiger partial charge in [0.15, 0.2) is 5.65 Å². The van der Waals surface area contributed by atoms with Crippen molar-refractivity contribution in [2.24, 2.45) is 5.73 Å². The number of carbonyl (C=O) groups is 1. The summed E-state index contributed by atoms with van der Waals surface area (Å²) < 4.78 is 7.38. The number of hydrogen-bond acceptors (Lipinski definition) is 4. The minimum absolute atomic E-state index is 0.346. The molecule has 6 heteroatoms. The van der Waals surface area contributed by atoms with E-state index >= 15 is 0 Å². The molecule has 26 heavy (non-hydrogen) atoms. The molecule has 0 aliphatic rings. The number of benzene rings is 2. The van der Waals surface area contributed by atoms with Crippen LogP contribution in [-0.2, 0) is 6.61 Å². The molecule has 0 bridgehead atoms. The van der Waals surface area contributed by atoms with Crippen molar-refractivity contribution in [1.29, 1.82) is 0 Å². The Morgan fingerprint density at radius 1 is 1.00 bits per heavy atom. The van der Waals surface area contributed by atoms with Crippen molar-refractivity contribution in [3.05, 3.63) is 84.2 Å². The second-order valence-electron chi connectivity index (χ2n) is 5.79. The molecule has 0 aliphatic heterocycles. The van der Waals surface area contributed by atoms with Crippen LogP contribution in [0.15, 0.2) is 73.1 Å². The van der Waals surface area contributed by atoms with E-state index in [1.165, 1.54) is 6.33 Å². The van der Waals surface area contributed by atoms with Gasteiger partial charge in [0.2, 0.25) is 0 Å². The maximum absolute atomic E-state index is 11.5. The molecule has 2 aromatic carbocycles. The molecule has 6 nitrogen and oxygen atoms in total. The topological polar surface area (TPSA) is 82.5 Å². The van der Waals surface area contributed by atoms with Crippen LogP contribution in [0.4, 0.5) is 0 Å². The van der Waals surface area contributed by atoms with E-state index in [0.29, 0.717) is 17.8 Å². The number of primary amides is 1. The van der Waals surface area contributed by atoms with Gasteiger partial charge in [0.05, 0.1) is 11.3 Å². The predicted octanol–water partition coefficient (Wildman–Crippen LogP) is 3.07. The van der Waals surface area contributed by atoms with E-state index in [4.69, 9.17) is 10.5 Å². The Hall–Kier alpha value is -3.67. The molecule has 0 atom stereocenters.